The second kappa shape index (κ2) is 6.22. The van der Waals surface area contributed by atoms with Gasteiger partial charge in [0.1, 0.15) is 12.4 Å². The van der Waals surface area contributed by atoms with Crippen LogP contribution < -0.4 is 10.1 Å². The van der Waals surface area contributed by atoms with E-state index in [9.17, 15) is 8.78 Å². The molecule has 0 aromatic heterocycles. The van der Waals surface area contributed by atoms with Crippen molar-refractivity contribution in [2.75, 3.05) is 0 Å². The molecule has 1 saturated carbocycles. The van der Waals surface area contributed by atoms with E-state index in [2.05, 4.69) is 5.32 Å². The van der Waals surface area contributed by atoms with Gasteiger partial charge in [0.25, 0.3) is 0 Å². The number of ether oxygens (including phenoxy) is 1. The molecule has 1 N–H and O–H groups in total. The molecule has 21 heavy (non-hydrogen) atoms. The fraction of sp³-hybridized carbons (Fsp3) is 0.294. The van der Waals surface area contributed by atoms with Gasteiger partial charge >= 0.3 is 0 Å². The van der Waals surface area contributed by atoms with E-state index in [0.29, 0.717) is 11.6 Å². The first-order valence-electron chi connectivity index (χ1n) is 7.10. The monoisotopic (exact) mass is 289 g/mol. The molecule has 1 fully saturated rings. The maximum atomic E-state index is 13.1. The fourth-order valence-electron chi connectivity index (χ4n) is 2.05. The molecule has 3 rings (SSSR count). The summed E-state index contributed by atoms with van der Waals surface area (Å²) in [5.74, 6) is -0.973. The molecule has 110 valence electrons. The van der Waals surface area contributed by atoms with Gasteiger partial charge in [-0.05, 0) is 48.2 Å². The minimum Gasteiger partial charge on any atom is -0.489 e. The van der Waals surface area contributed by atoms with Crippen LogP contribution in [0, 0.1) is 11.6 Å². The van der Waals surface area contributed by atoms with Crippen LogP contribution in [0.3, 0.4) is 0 Å². The van der Waals surface area contributed by atoms with Gasteiger partial charge in [-0.15, -0.1) is 0 Å². The molecule has 0 aliphatic heterocycles. The summed E-state index contributed by atoms with van der Waals surface area (Å²) in [6.07, 6.45) is 2.55. The third-order valence-corrected chi connectivity index (χ3v) is 3.49. The van der Waals surface area contributed by atoms with Crippen LogP contribution in [0.1, 0.15) is 24.0 Å². The number of nitrogens with one attached hydrogen (secondary N) is 1. The molecule has 0 amide bonds. The normalized spacial score (nSPS) is 14.2. The van der Waals surface area contributed by atoms with Crippen molar-refractivity contribution in [3.63, 3.8) is 0 Å². The third kappa shape index (κ3) is 4.02. The molecule has 0 radical (unpaired) electrons. The van der Waals surface area contributed by atoms with Gasteiger partial charge in [-0.3, -0.25) is 0 Å². The van der Waals surface area contributed by atoms with Gasteiger partial charge in [0, 0.05) is 12.6 Å². The molecule has 0 unspecified atom stereocenters. The number of hydrogen-bond donors (Lipinski definition) is 1. The van der Waals surface area contributed by atoms with Crippen LogP contribution in [0.4, 0.5) is 8.78 Å². The second-order valence-corrected chi connectivity index (χ2v) is 5.34. The van der Waals surface area contributed by atoms with Crippen molar-refractivity contribution in [2.45, 2.75) is 32.0 Å². The van der Waals surface area contributed by atoms with E-state index in [-0.39, 0.29) is 6.61 Å². The van der Waals surface area contributed by atoms with Gasteiger partial charge < -0.3 is 10.1 Å². The highest BCUT2D eigenvalue weighted by Gasteiger charge is 2.19. The van der Waals surface area contributed by atoms with Crippen molar-refractivity contribution in [3.05, 3.63) is 65.2 Å². The zero-order chi connectivity index (χ0) is 14.7. The first-order chi connectivity index (χ1) is 10.2. The first-order valence-corrected chi connectivity index (χ1v) is 7.10. The van der Waals surface area contributed by atoms with Gasteiger partial charge in [0.05, 0.1) is 0 Å². The summed E-state index contributed by atoms with van der Waals surface area (Å²) < 4.78 is 31.5. The second-order valence-electron chi connectivity index (χ2n) is 5.34. The molecule has 0 atom stereocenters. The summed E-state index contributed by atoms with van der Waals surface area (Å²) in [5, 5.41) is 3.44. The number of hydrogen-bond acceptors (Lipinski definition) is 2. The molecule has 0 spiro atoms. The molecular weight excluding hydrogens is 272 g/mol. The number of halogens is 2. The van der Waals surface area contributed by atoms with Gasteiger partial charge in [-0.1, -0.05) is 18.2 Å². The molecule has 2 aromatic rings. The lowest BCUT2D eigenvalue weighted by molar-refractivity contribution is 0.305. The van der Waals surface area contributed by atoms with Crippen LogP contribution >= 0.6 is 0 Å². The molecular formula is C17H17F2NO. The SMILES string of the molecule is Fc1ccc(COc2ccc(CNC3CC3)cc2)cc1F. The summed E-state index contributed by atoms with van der Waals surface area (Å²) in [6.45, 7) is 1.09. The predicted molar refractivity (Wildman–Crippen MR) is 77.0 cm³/mol. The molecule has 4 heteroatoms. The van der Waals surface area contributed by atoms with Gasteiger partial charge in [0.15, 0.2) is 11.6 Å². The third-order valence-electron chi connectivity index (χ3n) is 3.49. The van der Waals surface area contributed by atoms with Crippen molar-refractivity contribution in [1.82, 2.24) is 5.32 Å². The Labute approximate surface area is 122 Å². The number of rotatable bonds is 6. The minimum absolute atomic E-state index is 0.219. The zero-order valence-corrected chi connectivity index (χ0v) is 11.6. The molecule has 0 saturated heterocycles. The lowest BCUT2D eigenvalue weighted by Crippen LogP contribution is -2.15. The van der Waals surface area contributed by atoms with E-state index >= 15 is 0 Å². The Bertz CT molecular complexity index is 609. The van der Waals surface area contributed by atoms with E-state index in [1.165, 1.54) is 24.5 Å². The summed E-state index contributed by atoms with van der Waals surface area (Å²) in [4.78, 5) is 0. The van der Waals surface area contributed by atoms with E-state index in [1.807, 2.05) is 24.3 Å². The Kier molecular flexibility index (Phi) is 4.15. The summed E-state index contributed by atoms with van der Waals surface area (Å²) >= 11 is 0. The Hall–Kier alpha value is -1.94. The van der Waals surface area contributed by atoms with Gasteiger partial charge in [-0.25, -0.2) is 8.78 Å². The van der Waals surface area contributed by atoms with Crippen molar-refractivity contribution >= 4 is 0 Å². The predicted octanol–water partition coefficient (Wildman–Crippen LogP) is 3.80. The van der Waals surface area contributed by atoms with Crippen molar-refractivity contribution in [2.24, 2.45) is 0 Å². The molecule has 1 aliphatic rings. The molecule has 1 aliphatic carbocycles. The van der Waals surface area contributed by atoms with Crippen LogP contribution in [0.15, 0.2) is 42.5 Å². The van der Waals surface area contributed by atoms with E-state index < -0.39 is 11.6 Å². The quantitative estimate of drug-likeness (QED) is 0.873. The summed E-state index contributed by atoms with van der Waals surface area (Å²) in [7, 11) is 0. The van der Waals surface area contributed by atoms with Gasteiger partial charge in [0.2, 0.25) is 0 Å². The van der Waals surface area contributed by atoms with E-state index in [0.717, 1.165) is 24.4 Å². The van der Waals surface area contributed by atoms with Crippen LogP contribution in [0.2, 0.25) is 0 Å². The highest BCUT2D eigenvalue weighted by Crippen LogP contribution is 2.20. The van der Waals surface area contributed by atoms with E-state index in [1.54, 1.807) is 0 Å². The smallest absolute Gasteiger partial charge is 0.159 e. The Morgan fingerprint density at radius 1 is 0.952 bits per heavy atom. The Balaban J connectivity index is 1.53. The van der Waals surface area contributed by atoms with Crippen LogP contribution in [0.5, 0.6) is 5.75 Å². The molecule has 0 heterocycles. The largest absolute Gasteiger partial charge is 0.489 e. The van der Waals surface area contributed by atoms with Crippen molar-refractivity contribution < 1.29 is 13.5 Å². The Morgan fingerprint density at radius 3 is 2.33 bits per heavy atom. The lowest BCUT2D eigenvalue weighted by Gasteiger charge is -2.08. The minimum atomic E-state index is -0.849. The van der Waals surface area contributed by atoms with Crippen LogP contribution in [0.25, 0.3) is 0 Å². The van der Waals surface area contributed by atoms with E-state index in [4.69, 9.17) is 4.74 Å². The molecule has 2 aromatic carbocycles. The maximum Gasteiger partial charge on any atom is 0.159 e. The van der Waals surface area contributed by atoms with Crippen LogP contribution in [-0.2, 0) is 13.2 Å². The zero-order valence-electron chi connectivity index (χ0n) is 11.6. The summed E-state index contributed by atoms with van der Waals surface area (Å²) in [6, 6.07) is 12.3. The average molecular weight is 289 g/mol. The Morgan fingerprint density at radius 2 is 1.67 bits per heavy atom. The first kappa shape index (κ1) is 14.0. The average Bonchev–Trinajstić information content (AvgIpc) is 3.32. The standard InChI is InChI=1S/C17H17F2NO/c18-16-8-3-13(9-17(16)19)11-21-15-6-1-12(2-7-15)10-20-14-4-5-14/h1-3,6-9,14,20H,4-5,10-11H2. The maximum absolute atomic E-state index is 13.1. The topological polar surface area (TPSA) is 21.3 Å². The highest BCUT2D eigenvalue weighted by molar-refractivity contribution is 5.28. The van der Waals surface area contributed by atoms with Crippen molar-refractivity contribution in [1.29, 1.82) is 0 Å². The molecule has 2 nitrogen and oxygen atoms in total. The fourth-order valence-corrected chi connectivity index (χ4v) is 2.05. The molecule has 0 bridgehead atoms. The summed E-state index contributed by atoms with van der Waals surface area (Å²) in [5.41, 5.74) is 1.82. The van der Waals surface area contributed by atoms with Gasteiger partial charge in [-0.2, -0.15) is 0 Å². The van der Waals surface area contributed by atoms with Crippen LogP contribution in [-0.4, -0.2) is 6.04 Å². The lowest BCUT2D eigenvalue weighted by atomic mass is 10.2. The highest BCUT2D eigenvalue weighted by atomic mass is 19.2. The van der Waals surface area contributed by atoms with Crippen molar-refractivity contribution in [3.8, 4) is 5.75 Å². The number of benzene rings is 2.